The van der Waals surface area contributed by atoms with Crippen LogP contribution >= 0.6 is 11.8 Å². The minimum Gasteiger partial charge on any atom is -0.395 e. The van der Waals surface area contributed by atoms with Crippen LogP contribution in [0.3, 0.4) is 0 Å². The summed E-state index contributed by atoms with van der Waals surface area (Å²) in [5, 5.41) is 15.7. The topological polar surface area (TPSA) is 62.5 Å². The smallest absolute Gasteiger partial charge is 0.395 e. The van der Waals surface area contributed by atoms with Gasteiger partial charge >= 0.3 is 6.18 Å². The van der Waals surface area contributed by atoms with E-state index in [0.29, 0.717) is 5.82 Å². The summed E-state index contributed by atoms with van der Waals surface area (Å²) in [4.78, 5) is 4.06. The number of hydrogen-bond acceptors (Lipinski definition) is 5. The van der Waals surface area contributed by atoms with Gasteiger partial charge in [-0.1, -0.05) is 0 Å². The third-order valence-corrected chi connectivity index (χ3v) is 4.25. The number of rotatable bonds is 5. The fraction of sp³-hybridized carbons (Fsp3) is 0.500. The lowest BCUT2D eigenvalue weighted by molar-refractivity contribution is -0.141. The molecule has 0 aliphatic heterocycles. The van der Waals surface area contributed by atoms with Gasteiger partial charge in [0, 0.05) is 29.8 Å². The monoisotopic (exact) mass is 320 g/mol. The zero-order valence-corrected chi connectivity index (χ0v) is 12.2. The molecule has 0 radical (unpaired) electrons. The number of hydrogen-bond donors (Lipinski definition) is 2. The Kier molecular flexibility index (Phi) is 4.62. The number of nitrogens with zero attached hydrogens (tertiary/aromatic N) is 3. The van der Waals surface area contributed by atoms with Gasteiger partial charge in [-0.25, -0.2) is 9.50 Å². The fourth-order valence-corrected chi connectivity index (χ4v) is 2.54. The summed E-state index contributed by atoms with van der Waals surface area (Å²) in [7, 11) is 0. The van der Waals surface area contributed by atoms with Crippen molar-refractivity contribution >= 4 is 23.1 Å². The van der Waals surface area contributed by atoms with E-state index in [0.717, 1.165) is 10.6 Å². The maximum Gasteiger partial charge on any atom is 0.435 e. The van der Waals surface area contributed by atoms with Crippen molar-refractivity contribution in [3.8, 4) is 0 Å². The van der Waals surface area contributed by atoms with Crippen molar-refractivity contribution in [3.05, 3.63) is 24.2 Å². The molecule has 0 saturated heterocycles. The molecule has 2 N–H and O–H groups in total. The van der Waals surface area contributed by atoms with Crippen molar-refractivity contribution in [2.45, 2.75) is 24.4 Å². The van der Waals surface area contributed by atoms with Crippen LogP contribution in [-0.4, -0.2) is 43.9 Å². The van der Waals surface area contributed by atoms with Gasteiger partial charge in [0.25, 0.3) is 0 Å². The summed E-state index contributed by atoms with van der Waals surface area (Å²) >= 11 is 1.47. The molecule has 0 aliphatic rings. The lowest BCUT2D eigenvalue weighted by Gasteiger charge is -2.22. The summed E-state index contributed by atoms with van der Waals surface area (Å²) in [5.41, 5.74) is -0.718. The Balaban J connectivity index is 2.34. The normalized spacial score (nSPS) is 15.1. The van der Waals surface area contributed by atoms with E-state index in [1.807, 2.05) is 13.2 Å². The van der Waals surface area contributed by atoms with Crippen LogP contribution in [0.2, 0.25) is 0 Å². The molecule has 0 fully saturated rings. The van der Waals surface area contributed by atoms with Crippen LogP contribution in [0.15, 0.2) is 18.5 Å². The van der Waals surface area contributed by atoms with E-state index in [1.165, 1.54) is 24.2 Å². The Labute approximate surface area is 123 Å². The molecular formula is C12H15F3N4OS. The number of fused-ring (bicyclic) bond motifs is 1. The van der Waals surface area contributed by atoms with Crippen molar-refractivity contribution in [1.29, 1.82) is 0 Å². The van der Waals surface area contributed by atoms with E-state index in [9.17, 15) is 18.3 Å². The molecule has 116 valence electrons. The summed E-state index contributed by atoms with van der Waals surface area (Å²) in [6.45, 7) is 1.80. The number of aromatic nitrogens is 3. The SMILES string of the molecule is CSC(CO)C(C)Nc1nccn2nc(C(F)(F)F)cc12. The second kappa shape index (κ2) is 6.10. The van der Waals surface area contributed by atoms with E-state index in [1.54, 1.807) is 0 Å². The Morgan fingerprint density at radius 3 is 2.76 bits per heavy atom. The first kappa shape index (κ1) is 15.9. The van der Waals surface area contributed by atoms with Crippen LogP contribution in [0, 0.1) is 0 Å². The quantitative estimate of drug-likeness (QED) is 0.885. The average molecular weight is 320 g/mol. The second-order valence-corrected chi connectivity index (χ2v) is 5.60. The molecule has 9 heteroatoms. The Morgan fingerprint density at radius 2 is 2.19 bits per heavy atom. The molecule has 21 heavy (non-hydrogen) atoms. The maximum absolute atomic E-state index is 12.7. The zero-order valence-electron chi connectivity index (χ0n) is 11.4. The van der Waals surface area contributed by atoms with Crippen molar-refractivity contribution in [1.82, 2.24) is 14.6 Å². The third-order valence-electron chi connectivity index (χ3n) is 3.09. The standard InChI is InChI=1S/C12H15F3N4OS/c1-7(9(6-20)21-2)17-11-8-5-10(12(13,14)15)18-19(8)4-3-16-11/h3-5,7,9,20H,6H2,1-2H3,(H,16,17). The number of nitrogens with one attached hydrogen (secondary N) is 1. The summed E-state index contributed by atoms with van der Waals surface area (Å²) in [5.74, 6) is 0.306. The summed E-state index contributed by atoms with van der Waals surface area (Å²) in [6, 6.07) is 0.794. The highest BCUT2D eigenvalue weighted by Gasteiger charge is 2.34. The van der Waals surface area contributed by atoms with Crippen molar-refractivity contribution in [3.63, 3.8) is 0 Å². The molecule has 2 atom stereocenters. The van der Waals surface area contributed by atoms with Gasteiger partial charge in [-0.15, -0.1) is 0 Å². The van der Waals surface area contributed by atoms with Crippen LogP contribution in [0.25, 0.3) is 5.52 Å². The molecule has 2 aromatic rings. The summed E-state index contributed by atoms with van der Waals surface area (Å²) in [6.07, 6.45) is 0.0935. The highest BCUT2D eigenvalue weighted by Crippen LogP contribution is 2.30. The van der Waals surface area contributed by atoms with Crippen LogP contribution < -0.4 is 5.32 Å². The Bertz CT molecular complexity index is 612. The molecule has 0 bridgehead atoms. The second-order valence-electron chi connectivity index (χ2n) is 4.52. The molecule has 2 unspecified atom stereocenters. The van der Waals surface area contributed by atoms with Crippen molar-refractivity contribution in [2.24, 2.45) is 0 Å². The van der Waals surface area contributed by atoms with E-state index >= 15 is 0 Å². The van der Waals surface area contributed by atoms with Crippen molar-refractivity contribution in [2.75, 3.05) is 18.2 Å². The molecule has 2 heterocycles. The minimum atomic E-state index is -4.50. The minimum absolute atomic E-state index is 0.0362. The van der Waals surface area contributed by atoms with Gasteiger partial charge in [0.15, 0.2) is 11.5 Å². The number of halogens is 3. The van der Waals surface area contributed by atoms with Gasteiger partial charge in [0.1, 0.15) is 5.52 Å². The number of alkyl halides is 3. The Morgan fingerprint density at radius 1 is 1.48 bits per heavy atom. The van der Waals surface area contributed by atoms with E-state index in [2.05, 4.69) is 15.4 Å². The average Bonchev–Trinajstić information content (AvgIpc) is 2.85. The van der Waals surface area contributed by atoms with E-state index < -0.39 is 11.9 Å². The van der Waals surface area contributed by atoms with Gasteiger partial charge in [-0.2, -0.15) is 30.0 Å². The maximum atomic E-state index is 12.7. The molecule has 0 aromatic carbocycles. The van der Waals surface area contributed by atoms with Gasteiger partial charge in [-0.3, -0.25) is 0 Å². The highest BCUT2D eigenvalue weighted by atomic mass is 32.2. The highest BCUT2D eigenvalue weighted by molar-refractivity contribution is 7.99. The molecule has 0 spiro atoms. The van der Waals surface area contributed by atoms with Gasteiger partial charge in [-0.05, 0) is 13.2 Å². The molecule has 0 aliphatic carbocycles. The lowest BCUT2D eigenvalue weighted by Crippen LogP contribution is -2.31. The number of aliphatic hydroxyl groups is 1. The lowest BCUT2D eigenvalue weighted by atomic mass is 10.2. The summed E-state index contributed by atoms with van der Waals surface area (Å²) < 4.78 is 39.3. The van der Waals surface area contributed by atoms with Crippen LogP contribution in [0.4, 0.5) is 19.0 Å². The van der Waals surface area contributed by atoms with E-state index in [4.69, 9.17) is 0 Å². The van der Waals surface area contributed by atoms with E-state index in [-0.39, 0.29) is 23.4 Å². The number of aliphatic hydroxyl groups excluding tert-OH is 1. The first-order valence-corrected chi connectivity index (χ1v) is 7.47. The van der Waals surface area contributed by atoms with Gasteiger partial charge in [0.2, 0.25) is 0 Å². The predicted molar refractivity (Wildman–Crippen MR) is 75.5 cm³/mol. The van der Waals surface area contributed by atoms with Crippen LogP contribution in [-0.2, 0) is 6.18 Å². The first-order chi connectivity index (χ1) is 9.86. The van der Waals surface area contributed by atoms with Gasteiger partial charge < -0.3 is 10.4 Å². The first-order valence-electron chi connectivity index (χ1n) is 6.18. The van der Waals surface area contributed by atoms with Crippen LogP contribution in [0.1, 0.15) is 12.6 Å². The molecule has 5 nitrogen and oxygen atoms in total. The fourth-order valence-electron chi connectivity index (χ4n) is 1.92. The zero-order chi connectivity index (χ0) is 15.6. The molecule has 0 amide bonds. The molecule has 0 saturated carbocycles. The third kappa shape index (κ3) is 3.41. The number of thioether (sulfide) groups is 1. The van der Waals surface area contributed by atoms with Gasteiger partial charge in [0.05, 0.1) is 6.61 Å². The Hall–Kier alpha value is -1.48. The molecular weight excluding hydrogens is 305 g/mol. The molecule has 2 rings (SSSR count). The predicted octanol–water partition coefficient (Wildman–Crippen LogP) is 2.27. The largest absolute Gasteiger partial charge is 0.435 e. The van der Waals surface area contributed by atoms with Crippen molar-refractivity contribution < 1.29 is 18.3 Å². The van der Waals surface area contributed by atoms with Crippen LogP contribution in [0.5, 0.6) is 0 Å². The number of anilines is 1. The molecule has 2 aromatic heterocycles.